The number of hydrogen-bond acceptors (Lipinski definition) is 2. The summed E-state index contributed by atoms with van der Waals surface area (Å²) < 4.78 is 1.75. The van der Waals surface area contributed by atoms with Crippen molar-refractivity contribution < 1.29 is 4.79 Å². The molecule has 1 saturated carbocycles. The summed E-state index contributed by atoms with van der Waals surface area (Å²) in [4.78, 5) is 15.1. The lowest BCUT2D eigenvalue weighted by molar-refractivity contribution is -0.133. The van der Waals surface area contributed by atoms with Gasteiger partial charge in [0.05, 0.1) is 18.7 Å². The summed E-state index contributed by atoms with van der Waals surface area (Å²) in [6.07, 6.45) is 6.33. The zero-order chi connectivity index (χ0) is 17.4. The first kappa shape index (κ1) is 15.9. The molecule has 1 heterocycles. The number of carbonyl (C=O) groups is 1. The van der Waals surface area contributed by atoms with Crippen molar-refractivity contribution in [1.82, 2.24) is 14.7 Å². The second kappa shape index (κ2) is 6.36. The van der Waals surface area contributed by atoms with E-state index in [1.54, 1.807) is 10.9 Å². The summed E-state index contributed by atoms with van der Waals surface area (Å²) in [5, 5.41) is 6.64. The number of hydrogen-bond donors (Lipinski definition) is 0. The molecule has 0 bridgehead atoms. The van der Waals surface area contributed by atoms with E-state index >= 15 is 0 Å². The molecular weight excluding hydrogens is 310 g/mol. The molecule has 0 aliphatic heterocycles. The Labute approximate surface area is 148 Å². The molecule has 1 amide bonds. The van der Waals surface area contributed by atoms with E-state index in [9.17, 15) is 4.79 Å². The smallest absolute Gasteiger partial charge is 0.227 e. The Kier molecular flexibility index (Phi) is 4.04. The van der Waals surface area contributed by atoms with Crippen LogP contribution in [0, 0.1) is 0 Å². The van der Waals surface area contributed by atoms with Crippen molar-refractivity contribution in [3.63, 3.8) is 0 Å². The summed E-state index contributed by atoms with van der Waals surface area (Å²) in [5.41, 5.74) is 2.20. The first-order valence-corrected chi connectivity index (χ1v) is 8.90. The van der Waals surface area contributed by atoms with E-state index < -0.39 is 0 Å². The third-order valence-corrected chi connectivity index (χ3v) is 5.03. The van der Waals surface area contributed by atoms with Crippen molar-refractivity contribution in [3.05, 3.63) is 66.0 Å². The van der Waals surface area contributed by atoms with E-state index in [0.717, 1.165) is 18.4 Å². The number of aromatic nitrogens is 2. The summed E-state index contributed by atoms with van der Waals surface area (Å²) in [5.74, 6) is 0.191. The predicted molar refractivity (Wildman–Crippen MR) is 99.1 cm³/mol. The molecule has 128 valence electrons. The van der Waals surface area contributed by atoms with Crippen LogP contribution in [0.4, 0.5) is 0 Å². The molecule has 0 unspecified atom stereocenters. The highest BCUT2D eigenvalue weighted by Gasteiger charge is 2.36. The molecule has 1 aliphatic carbocycles. The minimum atomic E-state index is 0.0720. The van der Waals surface area contributed by atoms with Gasteiger partial charge in [-0.3, -0.25) is 9.48 Å². The molecule has 4 heteroatoms. The summed E-state index contributed by atoms with van der Waals surface area (Å²) in [7, 11) is 1.88. The summed E-state index contributed by atoms with van der Waals surface area (Å²) in [6.45, 7) is 2.15. The summed E-state index contributed by atoms with van der Waals surface area (Å²) >= 11 is 0. The lowest BCUT2D eigenvalue weighted by Gasteiger charge is -2.30. The highest BCUT2D eigenvalue weighted by atomic mass is 16.2. The van der Waals surface area contributed by atoms with Crippen LogP contribution in [-0.4, -0.2) is 26.6 Å². The van der Waals surface area contributed by atoms with Crippen LogP contribution in [0.5, 0.6) is 0 Å². The molecule has 4 rings (SSSR count). The molecule has 1 fully saturated rings. The van der Waals surface area contributed by atoms with Crippen molar-refractivity contribution in [1.29, 1.82) is 0 Å². The zero-order valence-corrected chi connectivity index (χ0v) is 14.7. The number of benzene rings is 2. The van der Waals surface area contributed by atoms with E-state index in [1.807, 2.05) is 13.2 Å². The van der Waals surface area contributed by atoms with Crippen LogP contribution in [0.1, 0.15) is 36.9 Å². The lowest BCUT2D eigenvalue weighted by Crippen LogP contribution is -2.36. The highest BCUT2D eigenvalue weighted by Crippen LogP contribution is 2.37. The zero-order valence-electron chi connectivity index (χ0n) is 14.7. The van der Waals surface area contributed by atoms with Gasteiger partial charge in [0.15, 0.2) is 0 Å². The van der Waals surface area contributed by atoms with Crippen LogP contribution in [0.3, 0.4) is 0 Å². The SMILES string of the molecule is C[C@@H](c1cccc2ccccc12)N(C(=O)Cc1cnn(C)c1)C1CC1. The van der Waals surface area contributed by atoms with Crippen molar-refractivity contribution >= 4 is 16.7 Å². The van der Waals surface area contributed by atoms with Crippen LogP contribution in [0.2, 0.25) is 0 Å². The standard InChI is InChI=1S/C21H23N3O/c1-15(19-9-5-7-17-6-3-4-8-20(17)19)24(18-10-11-18)21(25)12-16-13-22-23(2)14-16/h3-9,13-15,18H,10-12H2,1-2H3/t15-/m0/s1. The molecule has 1 aromatic heterocycles. The fourth-order valence-electron chi connectivity index (χ4n) is 3.68. The van der Waals surface area contributed by atoms with E-state index in [-0.39, 0.29) is 11.9 Å². The number of rotatable bonds is 5. The largest absolute Gasteiger partial charge is 0.333 e. The molecule has 0 saturated heterocycles. The Hall–Kier alpha value is -2.62. The average Bonchev–Trinajstić information content (AvgIpc) is 3.36. The maximum atomic E-state index is 13.0. The van der Waals surface area contributed by atoms with Crippen molar-refractivity contribution in [2.75, 3.05) is 0 Å². The molecule has 1 aliphatic rings. The van der Waals surface area contributed by atoms with Gasteiger partial charge >= 0.3 is 0 Å². The van der Waals surface area contributed by atoms with E-state index in [4.69, 9.17) is 0 Å². The Balaban J connectivity index is 1.65. The van der Waals surface area contributed by atoms with Crippen LogP contribution in [0.15, 0.2) is 54.9 Å². The number of aryl methyl sites for hydroxylation is 1. The monoisotopic (exact) mass is 333 g/mol. The van der Waals surface area contributed by atoms with Crippen molar-refractivity contribution in [2.45, 2.75) is 38.3 Å². The molecule has 4 nitrogen and oxygen atoms in total. The van der Waals surface area contributed by atoms with Crippen molar-refractivity contribution in [3.8, 4) is 0 Å². The maximum absolute atomic E-state index is 13.0. The number of amides is 1. The Morgan fingerprint density at radius 1 is 1.24 bits per heavy atom. The minimum absolute atomic E-state index is 0.0720. The molecular formula is C21H23N3O. The van der Waals surface area contributed by atoms with Gasteiger partial charge in [-0.2, -0.15) is 5.10 Å². The van der Waals surface area contributed by atoms with Gasteiger partial charge in [-0.15, -0.1) is 0 Å². The third-order valence-electron chi connectivity index (χ3n) is 5.03. The number of carbonyl (C=O) groups excluding carboxylic acids is 1. The second-order valence-corrected chi connectivity index (χ2v) is 6.98. The normalized spacial score (nSPS) is 15.3. The van der Waals surface area contributed by atoms with Gasteiger partial charge < -0.3 is 4.90 Å². The highest BCUT2D eigenvalue weighted by molar-refractivity contribution is 5.87. The third kappa shape index (κ3) is 3.16. The molecule has 0 radical (unpaired) electrons. The molecule has 1 atom stereocenters. The first-order valence-electron chi connectivity index (χ1n) is 8.90. The van der Waals surface area contributed by atoms with Crippen LogP contribution in [0.25, 0.3) is 10.8 Å². The van der Waals surface area contributed by atoms with Crippen molar-refractivity contribution in [2.24, 2.45) is 7.05 Å². The fraction of sp³-hybridized carbons (Fsp3) is 0.333. The van der Waals surface area contributed by atoms with E-state index in [1.165, 1.54) is 16.3 Å². The Morgan fingerprint density at radius 3 is 2.72 bits per heavy atom. The lowest BCUT2D eigenvalue weighted by atomic mass is 9.98. The fourth-order valence-corrected chi connectivity index (χ4v) is 3.68. The van der Waals surface area contributed by atoms with Gasteiger partial charge in [0.25, 0.3) is 0 Å². The van der Waals surface area contributed by atoms with Crippen LogP contribution in [-0.2, 0) is 18.3 Å². The van der Waals surface area contributed by atoms with Gasteiger partial charge in [-0.05, 0) is 41.7 Å². The topological polar surface area (TPSA) is 38.1 Å². The van der Waals surface area contributed by atoms with Gasteiger partial charge in [0, 0.05) is 19.3 Å². The van der Waals surface area contributed by atoms with Gasteiger partial charge in [0.2, 0.25) is 5.91 Å². The molecule has 0 spiro atoms. The molecule has 25 heavy (non-hydrogen) atoms. The van der Waals surface area contributed by atoms with E-state index in [0.29, 0.717) is 12.5 Å². The first-order chi connectivity index (χ1) is 12.1. The maximum Gasteiger partial charge on any atom is 0.227 e. The van der Waals surface area contributed by atoms with Gasteiger partial charge in [-0.25, -0.2) is 0 Å². The Morgan fingerprint density at radius 2 is 2.00 bits per heavy atom. The molecule has 3 aromatic rings. The van der Waals surface area contributed by atoms with Gasteiger partial charge in [-0.1, -0.05) is 42.5 Å². The second-order valence-electron chi connectivity index (χ2n) is 6.98. The molecule has 0 N–H and O–H groups in total. The Bertz CT molecular complexity index is 905. The number of nitrogens with zero attached hydrogens (tertiary/aromatic N) is 3. The predicted octanol–water partition coefficient (Wildman–Crippen LogP) is 3.87. The van der Waals surface area contributed by atoms with Gasteiger partial charge in [0.1, 0.15) is 0 Å². The average molecular weight is 333 g/mol. The minimum Gasteiger partial charge on any atom is -0.333 e. The number of fused-ring (bicyclic) bond motifs is 1. The summed E-state index contributed by atoms with van der Waals surface area (Å²) in [6, 6.07) is 15.2. The van der Waals surface area contributed by atoms with E-state index in [2.05, 4.69) is 59.4 Å². The molecule has 2 aromatic carbocycles. The quantitative estimate of drug-likeness (QED) is 0.711. The van der Waals surface area contributed by atoms with Crippen LogP contribution >= 0.6 is 0 Å². The van der Waals surface area contributed by atoms with Crippen LogP contribution < -0.4 is 0 Å².